The first kappa shape index (κ1) is 26.3. The molecule has 0 amide bonds. The zero-order chi connectivity index (χ0) is 23.6. The van der Waals surface area contributed by atoms with Gasteiger partial charge in [-0.2, -0.15) is 0 Å². The molecule has 0 bridgehead atoms. The number of halogens is 2. The van der Waals surface area contributed by atoms with Gasteiger partial charge in [0.2, 0.25) is 0 Å². The summed E-state index contributed by atoms with van der Waals surface area (Å²) in [7, 11) is -2.10. The maximum atomic E-state index is 13.7. The molecule has 2 aliphatic rings. The van der Waals surface area contributed by atoms with Crippen molar-refractivity contribution in [3.05, 3.63) is 67.8 Å². The van der Waals surface area contributed by atoms with Crippen LogP contribution in [0.5, 0.6) is 0 Å². The Labute approximate surface area is 202 Å². The Kier molecular flexibility index (Phi) is 8.80. The number of aliphatic hydroxyl groups excluding tert-OH is 1. The SMILES string of the molecule is C=C/C(=C\C=C(/C)Cl)S(=O)(=O)N([I-]C1=C2C=C(NC)C=C[C@@]21C)[C@H](CC(C)C)C(N)O. The predicted octanol–water partition coefficient (Wildman–Crippen LogP) is 0.474. The summed E-state index contributed by atoms with van der Waals surface area (Å²) in [4.78, 5) is 0.0305. The minimum absolute atomic E-state index is 0.0305. The van der Waals surface area contributed by atoms with Crippen LogP contribution in [0.4, 0.5) is 0 Å². The van der Waals surface area contributed by atoms with Gasteiger partial charge in [0.1, 0.15) is 0 Å². The fraction of sp³-hybridized carbons (Fsp3) is 0.455. The fourth-order valence-corrected chi connectivity index (χ4v) is 9.75. The van der Waals surface area contributed by atoms with Crippen molar-refractivity contribution in [3.8, 4) is 0 Å². The van der Waals surface area contributed by atoms with Gasteiger partial charge in [-0.3, -0.25) is 0 Å². The van der Waals surface area contributed by atoms with E-state index in [-0.39, 0.29) is 16.2 Å². The second kappa shape index (κ2) is 10.4. The topological polar surface area (TPSA) is 95.7 Å². The van der Waals surface area contributed by atoms with Gasteiger partial charge in [0.05, 0.1) is 0 Å². The van der Waals surface area contributed by atoms with Crippen LogP contribution in [0.3, 0.4) is 0 Å². The van der Waals surface area contributed by atoms with Gasteiger partial charge in [-0.15, -0.1) is 0 Å². The standard InChI is InChI=1S/C22H32ClIN3O3S/c1-7-17(9-8-15(4)23)31(29,30)27(19(21(25)28)12-14(2)3)24-20-18-13-16(26-6)10-11-22(18,20)5/h7-11,13-14,19,21,26,28H,1,12,25H2,2-6H3/q-1/b15-8+,17-9+/t19-,21?,22+/m1/s1. The van der Waals surface area contributed by atoms with Crippen molar-refractivity contribution in [1.29, 1.82) is 0 Å². The van der Waals surface area contributed by atoms with Gasteiger partial charge in [-0.25, -0.2) is 0 Å². The molecule has 0 saturated carbocycles. The third kappa shape index (κ3) is 5.91. The normalized spacial score (nSPS) is 23.7. The molecule has 0 aliphatic heterocycles. The molecule has 0 saturated heterocycles. The zero-order valence-corrected chi connectivity index (χ0v) is 22.3. The Morgan fingerprint density at radius 2 is 2.10 bits per heavy atom. The Balaban J connectivity index is 2.55. The van der Waals surface area contributed by atoms with Crippen LogP contribution in [0.25, 0.3) is 0 Å². The van der Waals surface area contributed by atoms with Crippen molar-refractivity contribution in [1.82, 2.24) is 7.84 Å². The monoisotopic (exact) mass is 580 g/mol. The summed E-state index contributed by atoms with van der Waals surface area (Å²) < 4.78 is 29.9. The Morgan fingerprint density at radius 1 is 1.45 bits per heavy atom. The second-order valence-electron chi connectivity index (χ2n) is 8.16. The van der Waals surface area contributed by atoms with E-state index < -0.39 is 43.8 Å². The van der Waals surface area contributed by atoms with Crippen LogP contribution in [0, 0.1) is 11.3 Å². The summed E-state index contributed by atoms with van der Waals surface area (Å²) in [5.74, 6) is 0.149. The summed E-state index contributed by atoms with van der Waals surface area (Å²) in [6.07, 6.45) is 9.56. The molecule has 0 heterocycles. The summed E-state index contributed by atoms with van der Waals surface area (Å²) in [5.41, 5.74) is 7.77. The van der Waals surface area contributed by atoms with E-state index in [1.54, 1.807) is 6.92 Å². The Morgan fingerprint density at radius 3 is 2.58 bits per heavy atom. The van der Waals surface area contributed by atoms with Crippen molar-refractivity contribution in [2.45, 2.75) is 46.4 Å². The molecule has 6 nitrogen and oxygen atoms in total. The molecule has 2 rings (SSSR count). The number of rotatable bonds is 11. The zero-order valence-electron chi connectivity index (χ0n) is 18.6. The first-order valence-electron chi connectivity index (χ1n) is 10.0. The van der Waals surface area contributed by atoms with E-state index >= 15 is 0 Å². The summed E-state index contributed by atoms with van der Waals surface area (Å²) in [6, 6.07) is -0.738. The second-order valence-corrected chi connectivity index (χ2v) is 13.8. The van der Waals surface area contributed by atoms with Crippen molar-refractivity contribution in [2.24, 2.45) is 17.1 Å². The van der Waals surface area contributed by atoms with E-state index in [0.29, 0.717) is 11.5 Å². The number of nitrogens with zero attached hydrogens (tertiary/aromatic N) is 1. The van der Waals surface area contributed by atoms with E-state index in [1.165, 1.54) is 20.7 Å². The quantitative estimate of drug-likeness (QED) is 0.143. The number of likely N-dealkylation sites (N-methyl/N-ethyl adjacent to an activating group) is 1. The molecule has 1 unspecified atom stereocenters. The Hall–Kier alpha value is -0.910. The van der Waals surface area contributed by atoms with E-state index in [1.807, 2.05) is 27.0 Å². The summed E-state index contributed by atoms with van der Waals surface area (Å²) in [5, 5.41) is 13.9. The van der Waals surface area contributed by atoms with Crippen molar-refractivity contribution < 1.29 is 35.0 Å². The summed E-state index contributed by atoms with van der Waals surface area (Å²) >= 11 is 4.75. The molecule has 0 aromatic rings. The number of fused-ring (bicyclic) bond motifs is 1. The molecule has 3 atom stereocenters. The van der Waals surface area contributed by atoms with Crippen LogP contribution < -0.4 is 32.5 Å². The molecule has 0 radical (unpaired) electrons. The van der Waals surface area contributed by atoms with Crippen LogP contribution in [0.15, 0.2) is 67.8 Å². The molecule has 2 aliphatic carbocycles. The van der Waals surface area contributed by atoms with E-state index in [4.69, 9.17) is 17.3 Å². The number of nitrogens with two attached hydrogens (primary N) is 1. The van der Waals surface area contributed by atoms with Gasteiger partial charge in [0.15, 0.2) is 0 Å². The minimum atomic E-state index is -3.96. The van der Waals surface area contributed by atoms with Crippen molar-refractivity contribution >= 4 is 21.6 Å². The molecule has 0 aromatic heterocycles. The van der Waals surface area contributed by atoms with Crippen LogP contribution in [0.1, 0.15) is 34.1 Å². The number of hydrogen-bond acceptors (Lipinski definition) is 5. The molecule has 0 aromatic carbocycles. The van der Waals surface area contributed by atoms with Crippen LogP contribution in [0.2, 0.25) is 0 Å². The average molecular weight is 581 g/mol. The van der Waals surface area contributed by atoms with Gasteiger partial charge in [-0.05, 0) is 0 Å². The van der Waals surface area contributed by atoms with Gasteiger partial charge in [0.25, 0.3) is 0 Å². The third-order valence-corrected chi connectivity index (χ3v) is 12.3. The first-order chi connectivity index (χ1) is 14.4. The average Bonchev–Trinajstić information content (AvgIpc) is 3.26. The molecule has 9 heteroatoms. The molecular formula is C22H32ClIN3O3S-. The number of nitrogens with one attached hydrogen (secondary N) is 1. The van der Waals surface area contributed by atoms with Crippen LogP contribution in [-0.2, 0) is 10.0 Å². The number of sulfonamides is 1. The molecular weight excluding hydrogens is 549 g/mol. The van der Waals surface area contributed by atoms with Gasteiger partial charge in [-0.1, -0.05) is 0 Å². The van der Waals surface area contributed by atoms with Gasteiger partial charge < -0.3 is 0 Å². The maximum absolute atomic E-state index is 13.7. The predicted molar refractivity (Wildman–Crippen MR) is 124 cm³/mol. The van der Waals surface area contributed by atoms with E-state index in [0.717, 1.165) is 14.8 Å². The van der Waals surface area contributed by atoms with Crippen molar-refractivity contribution in [2.75, 3.05) is 7.05 Å². The number of aliphatic hydroxyl groups is 1. The molecule has 0 spiro atoms. The summed E-state index contributed by atoms with van der Waals surface area (Å²) in [6.45, 7) is 11.4. The van der Waals surface area contributed by atoms with Crippen molar-refractivity contribution in [3.63, 3.8) is 0 Å². The van der Waals surface area contributed by atoms with Crippen LogP contribution >= 0.6 is 11.6 Å². The van der Waals surface area contributed by atoms with Gasteiger partial charge >= 0.3 is 203 Å². The number of allylic oxidation sites excluding steroid dienone is 9. The molecule has 31 heavy (non-hydrogen) atoms. The molecule has 4 N–H and O–H groups in total. The third-order valence-electron chi connectivity index (χ3n) is 5.12. The van der Waals surface area contributed by atoms with E-state index in [9.17, 15) is 13.5 Å². The molecule has 174 valence electrons. The molecule has 0 fully saturated rings. The van der Waals surface area contributed by atoms with Crippen LogP contribution in [-0.4, -0.2) is 35.4 Å². The number of hydrogen-bond donors (Lipinski definition) is 3. The Bertz CT molecular complexity index is 976. The first-order valence-corrected chi connectivity index (χ1v) is 13.9. The van der Waals surface area contributed by atoms with Gasteiger partial charge in [0, 0.05) is 0 Å². The fourth-order valence-electron chi connectivity index (χ4n) is 3.25. The van der Waals surface area contributed by atoms with E-state index in [2.05, 4.69) is 31.0 Å².